The maximum atomic E-state index is 11.0. The first-order valence-corrected chi connectivity index (χ1v) is 5.77. The van der Waals surface area contributed by atoms with E-state index in [1.807, 2.05) is 13.0 Å². The molecule has 17 heavy (non-hydrogen) atoms. The third-order valence-electron chi connectivity index (χ3n) is 3.27. The minimum absolute atomic E-state index is 0.281. The summed E-state index contributed by atoms with van der Waals surface area (Å²) in [5.41, 5.74) is 6.42. The zero-order chi connectivity index (χ0) is 12.4. The fraction of sp³-hybridized carbons (Fsp3) is 0.500. The first-order valence-electron chi connectivity index (χ1n) is 5.77. The molecule has 0 saturated carbocycles. The molecule has 1 amide bonds. The lowest BCUT2D eigenvalue weighted by atomic mass is 10.0. The van der Waals surface area contributed by atoms with Crippen molar-refractivity contribution in [3.8, 4) is 0 Å². The van der Waals surface area contributed by atoms with Gasteiger partial charge in [-0.05, 0) is 25.5 Å². The number of aliphatic hydroxyl groups is 1. The topological polar surface area (TPSA) is 79.4 Å². The minimum Gasteiger partial charge on any atom is -0.393 e. The van der Waals surface area contributed by atoms with Crippen molar-refractivity contribution in [1.29, 1.82) is 0 Å². The van der Waals surface area contributed by atoms with Crippen molar-refractivity contribution in [2.75, 3.05) is 18.0 Å². The summed E-state index contributed by atoms with van der Waals surface area (Å²) in [6.45, 7) is 3.51. The number of aromatic nitrogens is 1. The Morgan fingerprint density at radius 1 is 1.71 bits per heavy atom. The number of carbonyl (C=O) groups is 1. The summed E-state index contributed by atoms with van der Waals surface area (Å²) in [6.07, 6.45) is 2.26. The zero-order valence-electron chi connectivity index (χ0n) is 9.84. The summed E-state index contributed by atoms with van der Waals surface area (Å²) in [5, 5.41) is 9.55. The highest BCUT2D eigenvalue weighted by atomic mass is 16.3. The lowest BCUT2D eigenvalue weighted by molar-refractivity contribution is 0.0995. The van der Waals surface area contributed by atoms with Crippen LogP contribution in [-0.4, -0.2) is 35.2 Å². The fourth-order valence-corrected chi connectivity index (χ4v) is 2.17. The molecular formula is C12H17N3O2. The summed E-state index contributed by atoms with van der Waals surface area (Å²) in [6, 6.07) is 3.56. The number of amides is 1. The summed E-state index contributed by atoms with van der Waals surface area (Å²) in [5.74, 6) is -0.224. The number of hydrogen-bond donors (Lipinski definition) is 2. The van der Waals surface area contributed by atoms with E-state index < -0.39 is 5.91 Å². The third-order valence-corrected chi connectivity index (χ3v) is 3.27. The number of nitrogens with zero attached hydrogens (tertiary/aromatic N) is 2. The molecule has 5 nitrogen and oxygen atoms in total. The summed E-state index contributed by atoms with van der Waals surface area (Å²) >= 11 is 0. The van der Waals surface area contributed by atoms with Crippen LogP contribution >= 0.6 is 0 Å². The fourth-order valence-electron chi connectivity index (χ4n) is 2.17. The number of aliphatic hydroxyl groups excluding tert-OH is 1. The molecule has 0 spiro atoms. The average molecular weight is 235 g/mol. The highest BCUT2D eigenvalue weighted by Gasteiger charge is 2.26. The van der Waals surface area contributed by atoms with E-state index in [2.05, 4.69) is 9.88 Å². The molecule has 1 aromatic heterocycles. The summed E-state index contributed by atoms with van der Waals surface area (Å²) in [7, 11) is 0. The molecular weight excluding hydrogens is 218 g/mol. The smallest absolute Gasteiger partial charge is 0.267 e. The van der Waals surface area contributed by atoms with Gasteiger partial charge in [-0.3, -0.25) is 9.78 Å². The molecule has 92 valence electrons. The molecule has 1 aliphatic heterocycles. The van der Waals surface area contributed by atoms with Crippen molar-refractivity contribution in [3.05, 3.63) is 24.0 Å². The van der Waals surface area contributed by atoms with E-state index in [4.69, 9.17) is 5.73 Å². The monoisotopic (exact) mass is 235 g/mol. The van der Waals surface area contributed by atoms with Crippen molar-refractivity contribution in [2.45, 2.75) is 19.4 Å². The average Bonchev–Trinajstić information content (AvgIpc) is 2.78. The molecule has 1 fully saturated rings. The number of hydrogen-bond acceptors (Lipinski definition) is 4. The number of anilines is 1. The molecule has 2 rings (SSSR count). The molecule has 1 aliphatic rings. The predicted octanol–water partition coefficient (Wildman–Crippen LogP) is 0.388. The van der Waals surface area contributed by atoms with E-state index in [1.54, 1.807) is 12.3 Å². The summed E-state index contributed by atoms with van der Waals surface area (Å²) in [4.78, 5) is 17.1. The Bertz CT molecular complexity index is 420. The Labute approximate surface area is 100 Å². The maximum absolute atomic E-state index is 11.0. The lowest BCUT2D eigenvalue weighted by Gasteiger charge is -2.19. The van der Waals surface area contributed by atoms with E-state index in [9.17, 15) is 9.90 Å². The van der Waals surface area contributed by atoms with Gasteiger partial charge in [-0.2, -0.15) is 0 Å². The number of nitrogens with two attached hydrogens (primary N) is 1. The van der Waals surface area contributed by atoms with Crippen LogP contribution in [0.5, 0.6) is 0 Å². The first-order chi connectivity index (χ1) is 8.08. The van der Waals surface area contributed by atoms with Crippen LogP contribution < -0.4 is 10.6 Å². The van der Waals surface area contributed by atoms with Gasteiger partial charge in [0, 0.05) is 30.9 Å². The van der Waals surface area contributed by atoms with Gasteiger partial charge in [0.15, 0.2) is 0 Å². The minimum atomic E-state index is -0.516. The van der Waals surface area contributed by atoms with Crippen LogP contribution in [0, 0.1) is 5.92 Å². The molecule has 1 aromatic rings. The van der Waals surface area contributed by atoms with Gasteiger partial charge in [0.1, 0.15) is 5.69 Å². The Kier molecular flexibility index (Phi) is 3.28. The van der Waals surface area contributed by atoms with E-state index in [0.717, 1.165) is 25.2 Å². The van der Waals surface area contributed by atoms with Gasteiger partial charge in [0.25, 0.3) is 5.91 Å². The molecule has 1 saturated heterocycles. The van der Waals surface area contributed by atoms with Crippen LogP contribution in [0.15, 0.2) is 18.3 Å². The maximum Gasteiger partial charge on any atom is 0.267 e. The van der Waals surface area contributed by atoms with Gasteiger partial charge < -0.3 is 15.7 Å². The zero-order valence-corrected chi connectivity index (χ0v) is 9.84. The van der Waals surface area contributed by atoms with E-state index >= 15 is 0 Å². The van der Waals surface area contributed by atoms with Crippen molar-refractivity contribution < 1.29 is 9.90 Å². The van der Waals surface area contributed by atoms with Crippen LogP contribution in [0.4, 0.5) is 5.69 Å². The normalized spacial score (nSPS) is 21.5. The second-order valence-corrected chi connectivity index (χ2v) is 4.50. The van der Waals surface area contributed by atoms with Crippen molar-refractivity contribution in [2.24, 2.45) is 11.7 Å². The highest BCUT2D eigenvalue weighted by molar-refractivity contribution is 5.91. The van der Waals surface area contributed by atoms with Crippen LogP contribution in [0.1, 0.15) is 23.8 Å². The predicted molar refractivity (Wildman–Crippen MR) is 64.8 cm³/mol. The SMILES string of the molecule is CC(O)C1CCN(c2ccnc(C(N)=O)c2)C1. The van der Waals surface area contributed by atoms with Crippen LogP contribution in [0.25, 0.3) is 0 Å². The quantitative estimate of drug-likeness (QED) is 0.794. The number of rotatable bonds is 3. The van der Waals surface area contributed by atoms with Crippen molar-refractivity contribution >= 4 is 11.6 Å². The van der Waals surface area contributed by atoms with Crippen LogP contribution in [-0.2, 0) is 0 Å². The number of carbonyl (C=O) groups excluding carboxylic acids is 1. The molecule has 2 heterocycles. The molecule has 0 aliphatic carbocycles. The Balaban J connectivity index is 2.13. The van der Waals surface area contributed by atoms with Gasteiger partial charge in [-0.1, -0.05) is 0 Å². The lowest BCUT2D eigenvalue weighted by Crippen LogP contribution is -2.24. The molecule has 0 bridgehead atoms. The van der Waals surface area contributed by atoms with E-state index in [1.165, 1.54) is 0 Å². The van der Waals surface area contributed by atoms with Crippen molar-refractivity contribution in [3.63, 3.8) is 0 Å². The molecule has 0 aromatic carbocycles. The standard InChI is InChI=1S/C12H17N3O2/c1-8(16)9-3-5-15(7-9)10-2-4-14-11(6-10)12(13)17/h2,4,6,8-9,16H,3,5,7H2,1H3,(H2,13,17). The highest BCUT2D eigenvalue weighted by Crippen LogP contribution is 2.25. The van der Waals surface area contributed by atoms with Gasteiger partial charge in [0.05, 0.1) is 6.10 Å². The third kappa shape index (κ3) is 2.55. The van der Waals surface area contributed by atoms with Crippen LogP contribution in [0.2, 0.25) is 0 Å². The van der Waals surface area contributed by atoms with Gasteiger partial charge in [-0.15, -0.1) is 0 Å². The molecule has 0 radical (unpaired) electrons. The van der Waals surface area contributed by atoms with Crippen molar-refractivity contribution in [1.82, 2.24) is 4.98 Å². The van der Waals surface area contributed by atoms with Gasteiger partial charge in [0.2, 0.25) is 0 Å². The number of primary amides is 1. The largest absolute Gasteiger partial charge is 0.393 e. The second kappa shape index (κ2) is 4.71. The summed E-state index contributed by atoms with van der Waals surface area (Å²) < 4.78 is 0. The Morgan fingerprint density at radius 3 is 3.06 bits per heavy atom. The van der Waals surface area contributed by atoms with E-state index in [0.29, 0.717) is 5.92 Å². The first kappa shape index (κ1) is 11.9. The van der Waals surface area contributed by atoms with E-state index in [-0.39, 0.29) is 11.8 Å². The molecule has 5 heteroatoms. The Hall–Kier alpha value is -1.62. The van der Waals surface area contributed by atoms with Gasteiger partial charge >= 0.3 is 0 Å². The van der Waals surface area contributed by atoms with Crippen LogP contribution in [0.3, 0.4) is 0 Å². The number of pyridine rings is 1. The second-order valence-electron chi connectivity index (χ2n) is 4.50. The Morgan fingerprint density at radius 2 is 2.47 bits per heavy atom. The molecule has 2 unspecified atom stereocenters. The van der Waals surface area contributed by atoms with Gasteiger partial charge in [-0.25, -0.2) is 0 Å². The molecule has 3 N–H and O–H groups in total. The molecule has 2 atom stereocenters.